The van der Waals surface area contributed by atoms with Crippen molar-refractivity contribution in [2.45, 2.75) is 59.3 Å². The van der Waals surface area contributed by atoms with Crippen molar-refractivity contribution in [3.8, 4) is 0 Å². The third-order valence-corrected chi connectivity index (χ3v) is 2.79. The first-order chi connectivity index (χ1) is 11.7. The zero-order valence-corrected chi connectivity index (χ0v) is 15.7. The van der Waals surface area contributed by atoms with Gasteiger partial charge in [0.25, 0.3) is 5.69 Å². The van der Waals surface area contributed by atoms with Gasteiger partial charge in [-0.15, -0.1) is 0 Å². The number of ether oxygens (including phenoxy) is 2. The maximum atomic E-state index is 13.5. The van der Waals surface area contributed by atoms with Gasteiger partial charge in [0.2, 0.25) is 0 Å². The van der Waals surface area contributed by atoms with Crippen molar-refractivity contribution in [3.63, 3.8) is 0 Å². The average Bonchev–Trinajstić information content (AvgIpc) is 2.40. The molecule has 0 spiro atoms. The van der Waals surface area contributed by atoms with Crippen LogP contribution < -0.4 is 0 Å². The van der Waals surface area contributed by atoms with Gasteiger partial charge in [-0.2, -0.15) is 0 Å². The molecule has 0 aromatic heterocycles. The monoisotopic (exact) mass is 370 g/mol. The number of hydrogen-bond acceptors (Lipinski definition) is 6. The summed E-state index contributed by atoms with van der Waals surface area (Å²) in [6, 6.07) is 2.78. The molecule has 26 heavy (non-hydrogen) atoms. The number of amides is 2. The van der Waals surface area contributed by atoms with E-state index in [0.29, 0.717) is 4.90 Å². The largest absolute Gasteiger partial charge is 0.443 e. The van der Waals surface area contributed by atoms with E-state index in [1.165, 1.54) is 0 Å². The van der Waals surface area contributed by atoms with E-state index in [-0.39, 0.29) is 5.56 Å². The Morgan fingerprint density at radius 3 is 1.92 bits per heavy atom. The number of rotatable bonds is 3. The second-order valence-corrected chi connectivity index (χ2v) is 7.58. The summed E-state index contributed by atoms with van der Waals surface area (Å²) in [5.74, 6) is -0.737. The quantitative estimate of drug-likeness (QED) is 0.577. The van der Waals surface area contributed by atoms with Crippen molar-refractivity contribution < 1.29 is 28.4 Å². The summed E-state index contributed by atoms with van der Waals surface area (Å²) >= 11 is 0. The number of halogens is 1. The molecule has 1 rings (SSSR count). The van der Waals surface area contributed by atoms with E-state index < -0.39 is 46.4 Å². The first kappa shape index (κ1) is 21.3. The molecule has 0 bridgehead atoms. The first-order valence-electron chi connectivity index (χ1n) is 7.86. The molecule has 144 valence electrons. The Morgan fingerprint density at radius 2 is 1.54 bits per heavy atom. The molecule has 9 heteroatoms. The van der Waals surface area contributed by atoms with Crippen LogP contribution in [-0.4, -0.2) is 33.2 Å². The van der Waals surface area contributed by atoms with E-state index in [0.717, 1.165) is 18.2 Å². The van der Waals surface area contributed by atoms with Crippen LogP contribution in [0, 0.1) is 15.9 Å². The van der Waals surface area contributed by atoms with Gasteiger partial charge in [0, 0.05) is 6.07 Å². The average molecular weight is 370 g/mol. The highest BCUT2D eigenvalue weighted by Crippen LogP contribution is 2.23. The van der Waals surface area contributed by atoms with Crippen LogP contribution in [-0.2, 0) is 16.0 Å². The Kier molecular flexibility index (Phi) is 6.29. The number of carbonyl (C=O) groups is 2. The van der Waals surface area contributed by atoms with Crippen LogP contribution in [0.4, 0.5) is 19.7 Å². The number of benzene rings is 1. The molecule has 0 aliphatic rings. The van der Waals surface area contributed by atoms with E-state index in [2.05, 4.69) is 0 Å². The lowest BCUT2D eigenvalue weighted by atomic mass is 10.1. The minimum absolute atomic E-state index is 0.160. The molecule has 0 N–H and O–H groups in total. The molecule has 0 fully saturated rings. The predicted molar refractivity (Wildman–Crippen MR) is 91.1 cm³/mol. The molecule has 2 amide bonds. The Hall–Kier alpha value is -2.71. The summed E-state index contributed by atoms with van der Waals surface area (Å²) in [5.41, 5.74) is -2.41. The van der Waals surface area contributed by atoms with Gasteiger partial charge in [-0.1, -0.05) is 0 Å². The van der Waals surface area contributed by atoms with Crippen LogP contribution in [0.25, 0.3) is 0 Å². The lowest BCUT2D eigenvalue weighted by Crippen LogP contribution is -2.43. The standard InChI is InChI=1S/C17H23FN2O6/c1-16(2,3)25-14(21)19(15(22)26-17(4,5)6)10-11-9-12(18)7-8-13(11)20(23)24/h7-9H,10H2,1-6H3. The maximum Gasteiger partial charge on any atom is 0.420 e. The zero-order chi connectivity index (χ0) is 20.3. The molecule has 1 aromatic rings. The van der Waals surface area contributed by atoms with E-state index >= 15 is 0 Å². The number of imide groups is 1. The third kappa shape index (κ3) is 6.66. The molecular formula is C17H23FN2O6. The summed E-state index contributed by atoms with van der Waals surface area (Å²) in [6.07, 6.45) is -2.10. The van der Waals surface area contributed by atoms with Crippen LogP contribution in [0.5, 0.6) is 0 Å². The summed E-state index contributed by atoms with van der Waals surface area (Å²) in [6.45, 7) is 9.03. The fourth-order valence-corrected chi connectivity index (χ4v) is 1.87. The first-order valence-corrected chi connectivity index (χ1v) is 7.86. The van der Waals surface area contributed by atoms with E-state index in [4.69, 9.17) is 9.47 Å². The molecular weight excluding hydrogens is 347 g/mol. The third-order valence-electron chi connectivity index (χ3n) is 2.79. The van der Waals surface area contributed by atoms with Gasteiger partial charge in [0.15, 0.2) is 0 Å². The molecule has 8 nitrogen and oxygen atoms in total. The highest BCUT2D eigenvalue weighted by Gasteiger charge is 2.33. The smallest absolute Gasteiger partial charge is 0.420 e. The van der Waals surface area contributed by atoms with Gasteiger partial charge in [-0.3, -0.25) is 10.1 Å². The lowest BCUT2D eigenvalue weighted by molar-refractivity contribution is -0.385. The van der Waals surface area contributed by atoms with Gasteiger partial charge in [-0.05, 0) is 53.7 Å². The molecule has 0 heterocycles. The van der Waals surface area contributed by atoms with E-state index in [9.17, 15) is 24.1 Å². The highest BCUT2D eigenvalue weighted by atomic mass is 19.1. The maximum absolute atomic E-state index is 13.5. The molecule has 0 aliphatic carbocycles. The Morgan fingerprint density at radius 1 is 1.08 bits per heavy atom. The summed E-state index contributed by atoms with van der Waals surface area (Å²) in [4.78, 5) is 35.8. The fraction of sp³-hybridized carbons (Fsp3) is 0.529. The number of hydrogen-bond donors (Lipinski definition) is 0. The molecule has 0 radical (unpaired) electrons. The van der Waals surface area contributed by atoms with Crippen molar-refractivity contribution in [2.24, 2.45) is 0 Å². The Balaban J connectivity index is 3.25. The molecule has 0 atom stereocenters. The molecule has 0 saturated carbocycles. The van der Waals surface area contributed by atoms with Gasteiger partial charge in [0.05, 0.1) is 17.0 Å². The summed E-state index contributed by atoms with van der Waals surface area (Å²) < 4.78 is 23.9. The zero-order valence-electron chi connectivity index (χ0n) is 15.7. The number of nitro groups is 1. The predicted octanol–water partition coefficient (Wildman–Crippen LogP) is 4.41. The lowest BCUT2D eigenvalue weighted by Gasteiger charge is -2.28. The molecule has 0 saturated heterocycles. The Labute approximate surface area is 151 Å². The minimum atomic E-state index is -1.05. The number of nitro benzene ring substituents is 1. The van der Waals surface area contributed by atoms with E-state index in [1.54, 1.807) is 41.5 Å². The number of carbonyl (C=O) groups excluding carboxylic acids is 2. The number of nitrogens with zero attached hydrogens (tertiary/aromatic N) is 2. The molecule has 0 unspecified atom stereocenters. The second-order valence-electron chi connectivity index (χ2n) is 7.58. The van der Waals surface area contributed by atoms with Crippen molar-refractivity contribution in [2.75, 3.05) is 0 Å². The summed E-state index contributed by atoms with van der Waals surface area (Å²) in [7, 11) is 0. The highest BCUT2D eigenvalue weighted by molar-refractivity contribution is 5.88. The molecule has 0 aliphatic heterocycles. The van der Waals surface area contributed by atoms with Crippen molar-refractivity contribution in [3.05, 3.63) is 39.7 Å². The van der Waals surface area contributed by atoms with Gasteiger partial charge < -0.3 is 9.47 Å². The summed E-state index contributed by atoms with van der Waals surface area (Å²) in [5, 5.41) is 11.1. The van der Waals surface area contributed by atoms with Crippen LogP contribution in [0.2, 0.25) is 0 Å². The van der Waals surface area contributed by atoms with Crippen LogP contribution >= 0.6 is 0 Å². The van der Waals surface area contributed by atoms with E-state index in [1.807, 2.05) is 0 Å². The fourth-order valence-electron chi connectivity index (χ4n) is 1.87. The van der Waals surface area contributed by atoms with Crippen LogP contribution in [0.3, 0.4) is 0 Å². The SMILES string of the molecule is CC(C)(C)OC(=O)N(Cc1cc(F)ccc1[N+](=O)[O-])C(=O)OC(C)(C)C. The van der Waals surface area contributed by atoms with Crippen molar-refractivity contribution in [1.82, 2.24) is 4.90 Å². The van der Waals surface area contributed by atoms with Crippen molar-refractivity contribution in [1.29, 1.82) is 0 Å². The van der Waals surface area contributed by atoms with Gasteiger partial charge >= 0.3 is 12.2 Å². The van der Waals surface area contributed by atoms with Crippen LogP contribution in [0.1, 0.15) is 47.1 Å². The van der Waals surface area contributed by atoms with Crippen molar-refractivity contribution >= 4 is 17.9 Å². The minimum Gasteiger partial charge on any atom is -0.443 e. The van der Waals surface area contributed by atoms with Gasteiger partial charge in [0.1, 0.15) is 17.0 Å². The van der Waals surface area contributed by atoms with Gasteiger partial charge in [-0.25, -0.2) is 18.9 Å². The Bertz CT molecular complexity index is 678. The molecule has 1 aromatic carbocycles. The van der Waals surface area contributed by atoms with Crippen LogP contribution in [0.15, 0.2) is 18.2 Å². The topological polar surface area (TPSA) is 99.0 Å². The second kappa shape index (κ2) is 7.67. The normalized spacial score (nSPS) is 11.7.